The molecule has 108 valence electrons. The van der Waals surface area contributed by atoms with E-state index in [-0.39, 0.29) is 0 Å². The number of nitrogens with zero attached hydrogens (tertiary/aromatic N) is 2. The number of benzene rings is 2. The van der Waals surface area contributed by atoms with Gasteiger partial charge in [-0.1, -0.05) is 24.3 Å². The molecule has 0 fully saturated rings. The second-order valence-corrected chi connectivity index (χ2v) is 5.69. The molecule has 0 saturated heterocycles. The van der Waals surface area contributed by atoms with Crippen LogP contribution < -0.4 is 4.74 Å². The van der Waals surface area contributed by atoms with Crippen molar-refractivity contribution in [1.29, 1.82) is 5.26 Å². The Bertz CT molecular complexity index is 824. The van der Waals surface area contributed by atoms with Gasteiger partial charge in [0.05, 0.1) is 22.4 Å². The molecule has 1 aromatic heterocycles. The lowest BCUT2D eigenvalue weighted by atomic mass is 10.1. The first-order valence-electron chi connectivity index (χ1n) is 7.01. The highest BCUT2D eigenvalue weighted by Gasteiger charge is 2.08. The maximum atomic E-state index is 9.43. The summed E-state index contributed by atoms with van der Waals surface area (Å²) in [5.74, 6) is 0.832. The zero-order valence-electron chi connectivity index (χ0n) is 12.1. The van der Waals surface area contributed by atoms with Gasteiger partial charge in [-0.05, 0) is 42.8 Å². The number of para-hydroxylation sites is 1. The summed E-state index contributed by atoms with van der Waals surface area (Å²) < 4.78 is 6.51. The molecule has 0 radical (unpaired) electrons. The van der Waals surface area contributed by atoms with E-state index in [1.807, 2.05) is 61.5 Å². The molecule has 0 saturated carbocycles. The fourth-order valence-corrected chi connectivity index (χ4v) is 3.05. The average Bonchev–Trinajstić information content (AvgIpc) is 2.98. The third kappa shape index (κ3) is 3.00. The Kier molecular flexibility index (Phi) is 4.17. The van der Waals surface area contributed by atoms with E-state index in [9.17, 15) is 5.26 Å². The van der Waals surface area contributed by atoms with Crippen LogP contribution in [0.4, 0.5) is 0 Å². The summed E-state index contributed by atoms with van der Waals surface area (Å²) in [5.41, 5.74) is 2.46. The second-order valence-electron chi connectivity index (χ2n) is 4.66. The number of aromatic nitrogens is 1. The maximum absolute atomic E-state index is 9.43. The van der Waals surface area contributed by atoms with E-state index in [0.717, 1.165) is 26.5 Å². The van der Waals surface area contributed by atoms with Crippen LogP contribution in [0.3, 0.4) is 0 Å². The van der Waals surface area contributed by atoms with Crippen molar-refractivity contribution in [2.45, 2.75) is 6.92 Å². The summed E-state index contributed by atoms with van der Waals surface area (Å²) in [5, 5.41) is 10.2. The normalized spacial score (nSPS) is 11.4. The van der Waals surface area contributed by atoms with Crippen LogP contribution >= 0.6 is 11.3 Å². The lowest BCUT2D eigenvalue weighted by molar-refractivity contribution is 0.340. The predicted molar refractivity (Wildman–Crippen MR) is 90.7 cm³/mol. The van der Waals surface area contributed by atoms with Crippen molar-refractivity contribution in [3.05, 3.63) is 59.1 Å². The van der Waals surface area contributed by atoms with Gasteiger partial charge >= 0.3 is 0 Å². The van der Waals surface area contributed by atoms with E-state index in [0.29, 0.717) is 12.2 Å². The van der Waals surface area contributed by atoms with Gasteiger partial charge in [-0.25, -0.2) is 4.98 Å². The molecule has 22 heavy (non-hydrogen) atoms. The number of hydrogen-bond donors (Lipinski definition) is 0. The molecule has 4 heteroatoms. The lowest BCUT2D eigenvalue weighted by Gasteiger charge is -2.02. The van der Waals surface area contributed by atoms with Crippen molar-refractivity contribution in [3.8, 4) is 11.8 Å². The van der Waals surface area contributed by atoms with Crippen molar-refractivity contribution >= 4 is 33.2 Å². The molecule has 3 nitrogen and oxygen atoms in total. The lowest BCUT2D eigenvalue weighted by Crippen LogP contribution is -1.90. The highest BCUT2D eigenvalue weighted by Crippen LogP contribution is 2.28. The summed E-state index contributed by atoms with van der Waals surface area (Å²) in [6.07, 6.45) is 1.85. The summed E-state index contributed by atoms with van der Waals surface area (Å²) in [6, 6.07) is 17.8. The van der Waals surface area contributed by atoms with E-state index < -0.39 is 0 Å². The largest absolute Gasteiger partial charge is 0.494 e. The quantitative estimate of drug-likeness (QED) is 0.653. The molecule has 0 spiro atoms. The Morgan fingerprint density at radius 2 is 2.00 bits per heavy atom. The van der Waals surface area contributed by atoms with E-state index in [1.165, 1.54) is 11.3 Å². The molecule has 0 bridgehead atoms. The maximum Gasteiger partial charge on any atom is 0.135 e. The van der Waals surface area contributed by atoms with E-state index in [1.54, 1.807) is 0 Å². The SMILES string of the molecule is CCOc1ccc(C=C(C#N)c2nc3ccccc3s2)cc1. The molecule has 2 aromatic carbocycles. The van der Waals surface area contributed by atoms with Crippen molar-refractivity contribution in [2.75, 3.05) is 6.61 Å². The van der Waals surface area contributed by atoms with Crippen LogP contribution in [0, 0.1) is 11.3 Å². The minimum absolute atomic E-state index is 0.574. The number of thiazole rings is 1. The zero-order chi connectivity index (χ0) is 15.4. The van der Waals surface area contributed by atoms with E-state index in [4.69, 9.17) is 4.74 Å². The van der Waals surface area contributed by atoms with E-state index in [2.05, 4.69) is 11.1 Å². The van der Waals surface area contributed by atoms with Gasteiger partial charge in [0.15, 0.2) is 0 Å². The first kappa shape index (κ1) is 14.3. The first-order chi connectivity index (χ1) is 10.8. The number of rotatable bonds is 4. The fourth-order valence-electron chi connectivity index (χ4n) is 2.12. The van der Waals surface area contributed by atoms with E-state index >= 15 is 0 Å². The molecule has 3 aromatic rings. The number of ether oxygens (including phenoxy) is 1. The number of hydrogen-bond acceptors (Lipinski definition) is 4. The van der Waals surface area contributed by atoms with Crippen molar-refractivity contribution in [1.82, 2.24) is 4.98 Å². The summed E-state index contributed by atoms with van der Waals surface area (Å²) in [4.78, 5) is 4.53. The molecule has 1 heterocycles. The van der Waals surface area contributed by atoms with Crippen LogP contribution in [-0.4, -0.2) is 11.6 Å². The van der Waals surface area contributed by atoms with Gasteiger partial charge in [-0.2, -0.15) is 5.26 Å². The molecular weight excluding hydrogens is 292 g/mol. The molecule has 0 N–H and O–H groups in total. The Balaban J connectivity index is 1.94. The Labute approximate surface area is 133 Å². The summed E-state index contributed by atoms with van der Waals surface area (Å²) >= 11 is 1.53. The smallest absolute Gasteiger partial charge is 0.135 e. The standard InChI is InChI=1S/C18H14N2OS/c1-2-21-15-9-7-13(8-10-15)11-14(12-19)18-20-16-5-3-4-6-17(16)22-18/h3-11H,2H2,1H3. The van der Waals surface area contributed by atoms with Crippen LogP contribution in [0.1, 0.15) is 17.5 Å². The highest BCUT2D eigenvalue weighted by molar-refractivity contribution is 7.19. The second kappa shape index (κ2) is 6.42. The third-order valence-electron chi connectivity index (χ3n) is 3.15. The molecule has 0 amide bonds. The van der Waals surface area contributed by atoms with Gasteiger partial charge in [0.25, 0.3) is 0 Å². The Morgan fingerprint density at radius 1 is 1.23 bits per heavy atom. The molecule has 0 aliphatic carbocycles. The monoisotopic (exact) mass is 306 g/mol. The molecule has 0 atom stereocenters. The average molecular weight is 306 g/mol. The zero-order valence-corrected chi connectivity index (χ0v) is 12.9. The number of allylic oxidation sites excluding steroid dienone is 1. The minimum Gasteiger partial charge on any atom is -0.494 e. The molecule has 0 unspecified atom stereocenters. The van der Waals surface area contributed by atoms with Crippen LogP contribution in [0.25, 0.3) is 21.9 Å². The van der Waals surface area contributed by atoms with Crippen LogP contribution in [0.15, 0.2) is 48.5 Å². The third-order valence-corrected chi connectivity index (χ3v) is 4.22. The van der Waals surface area contributed by atoms with Crippen molar-refractivity contribution < 1.29 is 4.74 Å². The Morgan fingerprint density at radius 3 is 2.68 bits per heavy atom. The highest BCUT2D eigenvalue weighted by atomic mass is 32.1. The predicted octanol–water partition coefficient (Wildman–Crippen LogP) is 4.76. The van der Waals surface area contributed by atoms with Gasteiger partial charge in [-0.15, -0.1) is 11.3 Å². The molecule has 0 aliphatic heterocycles. The number of nitriles is 1. The molecule has 3 rings (SSSR count). The first-order valence-corrected chi connectivity index (χ1v) is 7.82. The van der Waals surface area contributed by atoms with Crippen molar-refractivity contribution in [2.24, 2.45) is 0 Å². The van der Waals surface area contributed by atoms with Gasteiger partial charge in [0.2, 0.25) is 0 Å². The van der Waals surface area contributed by atoms with Gasteiger partial charge in [0, 0.05) is 0 Å². The Hall–Kier alpha value is -2.64. The van der Waals surface area contributed by atoms with Crippen LogP contribution in [0.2, 0.25) is 0 Å². The molecular formula is C18H14N2OS. The number of fused-ring (bicyclic) bond motifs is 1. The minimum atomic E-state index is 0.574. The van der Waals surface area contributed by atoms with Gasteiger partial charge < -0.3 is 4.74 Å². The summed E-state index contributed by atoms with van der Waals surface area (Å²) in [7, 11) is 0. The van der Waals surface area contributed by atoms with Crippen LogP contribution in [-0.2, 0) is 0 Å². The van der Waals surface area contributed by atoms with Gasteiger partial charge in [-0.3, -0.25) is 0 Å². The topological polar surface area (TPSA) is 45.9 Å². The van der Waals surface area contributed by atoms with Crippen molar-refractivity contribution in [3.63, 3.8) is 0 Å². The summed E-state index contributed by atoms with van der Waals surface area (Å²) in [6.45, 7) is 2.60. The fraction of sp³-hybridized carbons (Fsp3) is 0.111. The van der Waals surface area contributed by atoms with Gasteiger partial charge in [0.1, 0.15) is 16.8 Å². The van der Waals surface area contributed by atoms with Crippen LogP contribution in [0.5, 0.6) is 5.75 Å². The molecule has 0 aliphatic rings.